The molecule has 0 radical (unpaired) electrons. The number of hydrogen-bond donors (Lipinski definition) is 0. The molecule has 0 atom stereocenters. The predicted molar refractivity (Wildman–Crippen MR) is 194 cm³/mol. The Hall–Kier alpha value is -3.24. The maximum absolute atomic E-state index is 13.2. The topological polar surface area (TPSA) is 105 Å². The minimum absolute atomic E-state index is 0.0799. The van der Waals surface area contributed by atoms with Gasteiger partial charge in [0.2, 0.25) is 0 Å². The molecule has 0 fully saturated rings. The van der Waals surface area contributed by atoms with Crippen molar-refractivity contribution in [2.45, 2.75) is 59.0 Å². The van der Waals surface area contributed by atoms with E-state index in [1.54, 1.807) is 12.1 Å². The van der Waals surface area contributed by atoms with Crippen LogP contribution >= 0.6 is 69.6 Å². The van der Waals surface area contributed by atoms with E-state index in [1.165, 1.54) is 5.57 Å². The molecular weight excluding hydrogens is 773 g/mol. The van der Waals surface area contributed by atoms with Crippen molar-refractivity contribution >= 4 is 93.5 Å². The quantitative estimate of drug-likeness (QED) is 0.0771. The van der Waals surface area contributed by atoms with E-state index >= 15 is 0 Å². The van der Waals surface area contributed by atoms with Crippen molar-refractivity contribution in [3.8, 4) is 11.5 Å². The second kappa shape index (κ2) is 18.3. The van der Waals surface area contributed by atoms with Crippen LogP contribution in [0.15, 0.2) is 59.7 Å². The molecule has 0 spiro atoms. The van der Waals surface area contributed by atoms with Gasteiger partial charge in [0.25, 0.3) is 0 Å². The fraction of sp³-hybridized carbons (Fsp3) is 0.278. The fourth-order valence-corrected chi connectivity index (χ4v) is 6.34. The second-order valence-corrected chi connectivity index (χ2v) is 13.5. The van der Waals surface area contributed by atoms with E-state index in [9.17, 15) is 19.2 Å². The van der Waals surface area contributed by atoms with Crippen molar-refractivity contribution in [2.24, 2.45) is 0 Å². The van der Waals surface area contributed by atoms with Crippen LogP contribution in [0.25, 0.3) is 0 Å². The summed E-state index contributed by atoms with van der Waals surface area (Å²) < 4.78 is 21.2. The smallest absolute Gasteiger partial charge is 0.423 e. The molecule has 1 aliphatic carbocycles. The molecule has 50 heavy (non-hydrogen) atoms. The molecule has 0 bridgehead atoms. The van der Waals surface area contributed by atoms with Crippen molar-refractivity contribution in [1.29, 1.82) is 0 Å². The number of allylic oxidation sites excluding steroid dienone is 3. The molecule has 264 valence electrons. The molecular formula is C36H30Cl6O8. The van der Waals surface area contributed by atoms with Gasteiger partial charge >= 0.3 is 23.9 Å². The summed E-state index contributed by atoms with van der Waals surface area (Å²) in [6.07, 6.45) is 9.28. The normalized spacial score (nSPS) is 12.5. The molecule has 1 aliphatic rings. The largest absolute Gasteiger partial charge is 0.457 e. The van der Waals surface area contributed by atoms with Gasteiger partial charge in [0.1, 0.15) is 24.3 Å². The summed E-state index contributed by atoms with van der Waals surface area (Å²) in [7, 11) is 0. The Morgan fingerprint density at radius 1 is 0.580 bits per heavy atom. The zero-order chi connectivity index (χ0) is 36.5. The van der Waals surface area contributed by atoms with Gasteiger partial charge in [-0.15, -0.1) is 0 Å². The summed E-state index contributed by atoms with van der Waals surface area (Å²) in [5.74, 6) is -6.64. The molecule has 3 aromatic rings. The summed E-state index contributed by atoms with van der Waals surface area (Å²) in [6.45, 7) is 3.91. The molecule has 4 rings (SSSR count). The number of ether oxygens (including phenoxy) is 4. The third kappa shape index (κ3) is 9.96. The van der Waals surface area contributed by atoms with Gasteiger partial charge in [-0.2, -0.15) is 0 Å². The van der Waals surface area contributed by atoms with E-state index in [0.29, 0.717) is 12.0 Å². The summed E-state index contributed by atoms with van der Waals surface area (Å²) in [5, 5.41) is -1.66. The number of hydrogen-bond acceptors (Lipinski definition) is 8. The minimum Gasteiger partial charge on any atom is -0.457 e. The van der Waals surface area contributed by atoms with Gasteiger partial charge in [-0.3, -0.25) is 0 Å². The minimum atomic E-state index is -1.67. The number of halogens is 6. The van der Waals surface area contributed by atoms with E-state index in [-0.39, 0.29) is 43.3 Å². The number of aryl methyl sites for hydroxylation is 1. The van der Waals surface area contributed by atoms with Crippen LogP contribution in [0.5, 0.6) is 11.5 Å². The zero-order valence-electron chi connectivity index (χ0n) is 26.8. The van der Waals surface area contributed by atoms with Crippen molar-refractivity contribution in [1.82, 2.24) is 0 Å². The molecule has 0 aliphatic heterocycles. The summed E-state index contributed by atoms with van der Waals surface area (Å²) >= 11 is 37.5. The van der Waals surface area contributed by atoms with Gasteiger partial charge in [-0.25, -0.2) is 19.2 Å². The van der Waals surface area contributed by atoms with Crippen LogP contribution in [-0.4, -0.2) is 30.5 Å². The molecule has 8 nitrogen and oxygen atoms in total. The van der Waals surface area contributed by atoms with Crippen LogP contribution in [-0.2, 0) is 32.1 Å². The highest BCUT2D eigenvalue weighted by molar-refractivity contribution is 6.47. The number of benzene rings is 3. The average Bonchev–Trinajstić information content (AvgIpc) is 3.09. The molecule has 0 saturated carbocycles. The van der Waals surface area contributed by atoms with Gasteiger partial charge in [-0.1, -0.05) is 138 Å². The average molecular weight is 803 g/mol. The maximum atomic E-state index is 13.2. The number of esters is 4. The van der Waals surface area contributed by atoms with E-state index in [2.05, 4.69) is 13.8 Å². The first-order valence-electron chi connectivity index (χ1n) is 15.4. The van der Waals surface area contributed by atoms with Crippen LogP contribution in [0.4, 0.5) is 0 Å². The van der Waals surface area contributed by atoms with Crippen LogP contribution in [0, 0.1) is 0 Å². The Kier molecular flexibility index (Phi) is 14.5. The Morgan fingerprint density at radius 2 is 1.02 bits per heavy atom. The zero-order valence-corrected chi connectivity index (χ0v) is 31.3. The molecule has 0 aromatic heterocycles. The van der Waals surface area contributed by atoms with E-state index in [1.807, 2.05) is 24.3 Å². The Morgan fingerprint density at radius 3 is 1.48 bits per heavy atom. The van der Waals surface area contributed by atoms with E-state index < -0.39 is 46.5 Å². The van der Waals surface area contributed by atoms with Crippen LogP contribution in [0.1, 0.15) is 77.8 Å². The molecule has 3 aromatic carbocycles. The summed E-state index contributed by atoms with van der Waals surface area (Å²) in [6, 6.07) is 9.64. The molecule has 0 saturated heterocycles. The lowest BCUT2D eigenvalue weighted by molar-refractivity contribution is -0.156. The fourth-order valence-electron chi connectivity index (χ4n) is 4.91. The van der Waals surface area contributed by atoms with Crippen molar-refractivity contribution in [3.63, 3.8) is 0 Å². The van der Waals surface area contributed by atoms with E-state index in [0.717, 1.165) is 55.4 Å². The van der Waals surface area contributed by atoms with Crippen molar-refractivity contribution in [3.05, 3.63) is 112 Å². The Balaban J connectivity index is 1.52. The number of carbonyl (C=O) groups is 4. The van der Waals surface area contributed by atoms with Gasteiger partial charge < -0.3 is 18.9 Å². The van der Waals surface area contributed by atoms with Gasteiger partial charge in [0.15, 0.2) is 11.5 Å². The Labute approximate surface area is 319 Å². The third-order valence-corrected chi connectivity index (χ3v) is 9.57. The maximum Gasteiger partial charge on any atom is 0.423 e. The second-order valence-electron chi connectivity index (χ2n) is 11.1. The lowest BCUT2D eigenvalue weighted by Crippen LogP contribution is -2.27. The molecule has 0 heterocycles. The lowest BCUT2D eigenvalue weighted by atomic mass is 9.96. The van der Waals surface area contributed by atoms with Crippen LogP contribution < -0.4 is 9.47 Å². The molecule has 0 amide bonds. The molecule has 14 heteroatoms. The van der Waals surface area contributed by atoms with Gasteiger partial charge in [-0.05, 0) is 54.5 Å². The first-order chi connectivity index (χ1) is 23.8. The van der Waals surface area contributed by atoms with Crippen LogP contribution in [0.3, 0.4) is 0 Å². The predicted octanol–water partition coefficient (Wildman–Crippen LogP) is 11.0. The standard InChI is InChI=1S/C36H30Cl6O8/c1-3-5-19-7-11-21(12-8-19)17-47-33(43)27-29(41)23(37)15-25(39)31(27)49-35(45)36(46)50-32-26(40)16-24(38)30(42)28(32)34(44)48-18-22-13-9-20(6-4-2)10-14-22/h7-9,11-13,15-16H,3-6,10,14,17-18H2,1-2H3. The van der Waals surface area contributed by atoms with E-state index in [4.69, 9.17) is 88.6 Å². The highest BCUT2D eigenvalue weighted by atomic mass is 35.5. The summed E-state index contributed by atoms with van der Waals surface area (Å²) in [5.41, 5.74) is 2.93. The van der Waals surface area contributed by atoms with Crippen molar-refractivity contribution in [2.75, 3.05) is 6.61 Å². The number of carbonyl (C=O) groups excluding carboxylic acids is 4. The van der Waals surface area contributed by atoms with Gasteiger partial charge in [0.05, 0.1) is 30.1 Å². The number of rotatable bonds is 12. The SMILES string of the molecule is CCCC1=CC=C(COC(=O)c2c(Cl)c(Cl)cc(Cl)c2OC(=O)C(=O)Oc2c(Cl)cc(Cl)c(Cl)c2C(=O)OCc2ccc(CCC)cc2)CC1. The monoisotopic (exact) mass is 800 g/mol. The lowest BCUT2D eigenvalue weighted by Gasteiger charge is -2.17. The highest BCUT2D eigenvalue weighted by Crippen LogP contribution is 2.42. The molecule has 0 N–H and O–H groups in total. The molecule has 0 unspecified atom stereocenters. The van der Waals surface area contributed by atoms with Crippen LogP contribution in [0.2, 0.25) is 30.1 Å². The Bertz CT molecular complexity index is 1870. The van der Waals surface area contributed by atoms with Gasteiger partial charge in [0, 0.05) is 0 Å². The first kappa shape index (κ1) is 39.5. The van der Waals surface area contributed by atoms with Crippen molar-refractivity contribution < 1.29 is 38.1 Å². The third-order valence-electron chi connectivity index (χ3n) is 7.43. The highest BCUT2D eigenvalue weighted by Gasteiger charge is 2.32. The first-order valence-corrected chi connectivity index (χ1v) is 17.7. The summed E-state index contributed by atoms with van der Waals surface area (Å²) in [4.78, 5) is 52.5.